The van der Waals surface area contributed by atoms with Crippen molar-refractivity contribution in [3.05, 3.63) is 23.8 Å². The van der Waals surface area contributed by atoms with E-state index >= 15 is 0 Å². The van der Waals surface area contributed by atoms with Crippen LogP contribution < -0.4 is 4.74 Å². The smallest absolute Gasteiger partial charge is 0.160 e. The SMILES string of the molecule is Br.COc1cc(C)ccc1O. The molecule has 0 aliphatic carbocycles. The van der Waals surface area contributed by atoms with E-state index in [1.165, 1.54) is 7.11 Å². The molecule has 0 saturated carbocycles. The average molecular weight is 219 g/mol. The highest BCUT2D eigenvalue weighted by molar-refractivity contribution is 8.93. The van der Waals surface area contributed by atoms with Crippen LogP contribution in [0.2, 0.25) is 0 Å². The van der Waals surface area contributed by atoms with Crippen molar-refractivity contribution >= 4 is 17.0 Å². The van der Waals surface area contributed by atoms with Gasteiger partial charge in [-0.05, 0) is 24.6 Å². The fourth-order valence-electron chi connectivity index (χ4n) is 0.785. The van der Waals surface area contributed by atoms with Crippen molar-refractivity contribution in [1.82, 2.24) is 0 Å². The highest BCUT2D eigenvalue weighted by Gasteiger charge is 1.97. The zero-order chi connectivity index (χ0) is 7.56. The lowest BCUT2D eigenvalue weighted by atomic mass is 10.2. The second-order valence-corrected chi connectivity index (χ2v) is 2.18. The minimum Gasteiger partial charge on any atom is -0.504 e. The third-order valence-corrected chi connectivity index (χ3v) is 1.34. The molecule has 2 nitrogen and oxygen atoms in total. The molecule has 1 aromatic carbocycles. The first-order valence-corrected chi connectivity index (χ1v) is 3.07. The van der Waals surface area contributed by atoms with Gasteiger partial charge >= 0.3 is 0 Å². The van der Waals surface area contributed by atoms with E-state index in [1.54, 1.807) is 12.1 Å². The summed E-state index contributed by atoms with van der Waals surface area (Å²) < 4.78 is 4.88. The van der Waals surface area contributed by atoms with Crippen LogP contribution in [-0.4, -0.2) is 12.2 Å². The molecule has 0 atom stereocenters. The molecule has 0 amide bonds. The number of halogens is 1. The number of phenols is 1. The van der Waals surface area contributed by atoms with E-state index < -0.39 is 0 Å². The Hall–Kier alpha value is -0.700. The largest absolute Gasteiger partial charge is 0.504 e. The molecule has 0 aromatic heterocycles. The van der Waals surface area contributed by atoms with Gasteiger partial charge < -0.3 is 9.84 Å². The fraction of sp³-hybridized carbons (Fsp3) is 0.250. The highest BCUT2D eigenvalue weighted by atomic mass is 79.9. The molecule has 0 heterocycles. The van der Waals surface area contributed by atoms with E-state index in [0.717, 1.165) is 5.56 Å². The van der Waals surface area contributed by atoms with Crippen LogP contribution in [-0.2, 0) is 0 Å². The number of hydrogen-bond acceptors (Lipinski definition) is 2. The zero-order valence-corrected chi connectivity index (χ0v) is 8.21. The van der Waals surface area contributed by atoms with Crippen LogP contribution in [0, 0.1) is 6.92 Å². The Balaban J connectivity index is 0.000001000. The molecule has 1 rings (SSSR count). The van der Waals surface area contributed by atoms with Gasteiger partial charge in [-0.15, -0.1) is 17.0 Å². The van der Waals surface area contributed by atoms with E-state index in [2.05, 4.69) is 0 Å². The van der Waals surface area contributed by atoms with Crippen LogP contribution in [0.5, 0.6) is 11.5 Å². The van der Waals surface area contributed by atoms with Gasteiger partial charge in [-0.25, -0.2) is 0 Å². The predicted molar refractivity (Wildman–Crippen MR) is 49.7 cm³/mol. The molecule has 0 saturated heterocycles. The number of ether oxygens (including phenoxy) is 1. The first-order valence-electron chi connectivity index (χ1n) is 3.07. The van der Waals surface area contributed by atoms with Crippen LogP contribution in [0.15, 0.2) is 18.2 Å². The van der Waals surface area contributed by atoms with Gasteiger partial charge in [0.15, 0.2) is 11.5 Å². The van der Waals surface area contributed by atoms with Crippen LogP contribution in [0.25, 0.3) is 0 Å². The molecule has 0 aliphatic heterocycles. The monoisotopic (exact) mass is 218 g/mol. The quantitative estimate of drug-likeness (QED) is 0.785. The van der Waals surface area contributed by atoms with E-state index in [1.807, 2.05) is 13.0 Å². The Morgan fingerprint density at radius 3 is 2.45 bits per heavy atom. The van der Waals surface area contributed by atoms with Crippen LogP contribution in [0.4, 0.5) is 0 Å². The van der Waals surface area contributed by atoms with Gasteiger partial charge in [0.2, 0.25) is 0 Å². The second-order valence-electron chi connectivity index (χ2n) is 2.18. The molecule has 0 radical (unpaired) electrons. The molecular formula is C8H11BrO2. The Bertz CT molecular complexity index is 236. The maximum Gasteiger partial charge on any atom is 0.160 e. The lowest BCUT2D eigenvalue weighted by Crippen LogP contribution is -1.83. The summed E-state index contributed by atoms with van der Waals surface area (Å²) in [7, 11) is 1.54. The topological polar surface area (TPSA) is 29.5 Å². The summed E-state index contributed by atoms with van der Waals surface area (Å²) >= 11 is 0. The number of benzene rings is 1. The average Bonchev–Trinajstić information content (AvgIpc) is 1.94. The number of rotatable bonds is 1. The van der Waals surface area contributed by atoms with Crippen molar-refractivity contribution in [2.24, 2.45) is 0 Å². The van der Waals surface area contributed by atoms with E-state index in [-0.39, 0.29) is 22.7 Å². The minimum atomic E-state index is 0. The Morgan fingerprint density at radius 2 is 2.00 bits per heavy atom. The third kappa shape index (κ3) is 2.42. The number of aromatic hydroxyl groups is 1. The molecule has 0 fully saturated rings. The molecule has 0 unspecified atom stereocenters. The van der Waals surface area contributed by atoms with Gasteiger partial charge in [-0.2, -0.15) is 0 Å². The van der Waals surface area contributed by atoms with Gasteiger partial charge in [0, 0.05) is 0 Å². The molecule has 1 N–H and O–H groups in total. The lowest BCUT2D eigenvalue weighted by molar-refractivity contribution is 0.373. The normalized spacial score (nSPS) is 8.55. The summed E-state index contributed by atoms with van der Waals surface area (Å²) in [5.74, 6) is 0.716. The van der Waals surface area contributed by atoms with E-state index in [0.29, 0.717) is 5.75 Å². The number of methoxy groups -OCH3 is 1. The molecule has 0 bridgehead atoms. The molecule has 1 aromatic rings. The molecular weight excluding hydrogens is 208 g/mol. The summed E-state index contributed by atoms with van der Waals surface area (Å²) in [6.45, 7) is 1.95. The Labute approximate surface area is 76.6 Å². The van der Waals surface area contributed by atoms with Crippen molar-refractivity contribution in [2.75, 3.05) is 7.11 Å². The summed E-state index contributed by atoms with van der Waals surface area (Å²) in [5.41, 5.74) is 1.08. The van der Waals surface area contributed by atoms with Gasteiger partial charge in [0.1, 0.15) is 0 Å². The molecule has 62 valence electrons. The first kappa shape index (κ1) is 10.3. The highest BCUT2D eigenvalue weighted by Crippen LogP contribution is 2.25. The Morgan fingerprint density at radius 1 is 1.36 bits per heavy atom. The van der Waals surface area contributed by atoms with Crippen molar-refractivity contribution < 1.29 is 9.84 Å². The van der Waals surface area contributed by atoms with Gasteiger partial charge in [0.25, 0.3) is 0 Å². The van der Waals surface area contributed by atoms with Crippen molar-refractivity contribution in [3.63, 3.8) is 0 Å². The molecule has 0 aliphatic rings. The maximum atomic E-state index is 9.11. The van der Waals surface area contributed by atoms with Crippen LogP contribution in [0.3, 0.4) is 0 Å². The van der Waals surface area contributed by atoms with Gasteiger partial charge in [-0.3, -0.25) is 0 Å². The molecule has 0 spiro atoms. The van der Waals surface area contributed by atoms with Crippen molar-refractivity contribution in [1.29, 1.82) is 0 Å². The number of phenolic OH excluding ortho intramolecular Hbond substituents is 1. The summed E-state index contributed by atoms with van der Waals surface area (Å²) in [5, 5.41) is 9.11. The van der Waals surface area contributed by atoms with Gasteiger partial charge in [0.05, 0.1) is 7.11 Å². The number of aryl methyl sites for hydroxylation is 1. The van der Waals surface area contributed by atoms with Gasteiger partial charge in [-0.1, -0.05) is 6.07 Å². The summed E-state index contributed by atoms with van der Waals surface area (Å²) in [6, 6.07) is 5.24. The standard InChI is InChI=1S/C8H10O2.BrH/c1-6-3-4-7(9)8(5-6)10-2;/h3-5,9H,1-2H3;1H. The third-order valence-electron chi connectivity index (χ3n) is 1.34. The lowest BCUT2D eigenvalue weighted by Gasteiger charge is -2.02. The van der Waals surface area contributed by atoms with E-state index in [9.17, 15) is 0 Å². The fourth-order valence-corrected chi connectivity index (χ4v) is 0.785. The maximum absolute atomic E-state index is 9.11. The second kappa shape index (κ2) is 4.23. The number of hydrogen-bond donors (Lipinski definition) is 1. The minimum absolute atomic E-state index is 0. The first-order chi connectivity index (χ1) is 4.74. The Kier molecular flexibility index (Phi) is 3.97. The zero-order valence-electron chi connectivity index (χ0n) is 6.50. The van der Waals surface area contributed by atoms with Crippen LogP contribution in [0.1, 0.15) is 5.56 Å². The van der Waals surface area contributed by atoms with Crippen molar-refractivity contribution in [2.45, 2.75) is 6.92 Å². The van der Waals surface area contributed by atoms with Crippen LogP contribution >= 0.6 is 17.0 Å². The summed E-state index contributed by atoms with van der Waals surface area (Å²) in [6.07, 6.45) is 0. The predicted octanol–water partition coefficient (Wildman–Crippen LogP) is 2.29. The van der Waals surface area contributed by atoms with E-state index in [4.69, 9.17) is 9.84 Å². The molecule has 3 heteroatoms. The molecule has 11 heavy (non-hydrogen) atoms. The van der Waals surface area contributed by atoms with Crippen molar-refractivity contribution in [3.8, 4) is 11.5 Å². The summed E-state index contributed by atoms with van der Waals surface area (Å²) in [4.78, 5) is 0.